The number of halogens is 3. The lowest BCUT2D eigenvalue weighted by molar-refractivity contribution is -0.0921. The maximum atomic E-state index is 12.9. The minimum atomic E-state index is -4.65. The van der Waals surface area contributed by atoms with E-state index < -0.39 is 38.8 Å². The van der Waals surface area contributed by atoms with E-state index in [0.29, 0.717) is 6.08 Å². The van der Waals surface area contributed by atoms with Crippen LogP contribution in [0.5, 0.6) is 0 Å². The third kappa shape index (κ3) is 4.80. The van der Waals surface area contributed by atoms with Gasteiger partial charge in [0.25, 0.3) is 0 Å². The Labute approximate surface area is 123 Å². The fourth-order valence-electron chi connectivity index (χ4n) is 2.14. The Kier molecular flexibility index (Phi) is 4.76. The van der Waals surface area contributed by atoms with Crippen molar-refractivity contribution < 1.29 is 25.8 Å². The van der Waals surface area contributed by atoms with Crippen LogP contribution in [0, 0.1) is 0 Å². The van der Waals surface area contributed by atoms with E-state index in [4.69, 9.17) is 0 Å². The molecule has 10 heteroatoms. The van der Waals surface area contributed by atoms with Crippen LogP contribution in [0.15, 0.2) is 20.5 Å². The molecule has 2 rings (SSSR count). The summed E-state index contributed by atoms with van der Waals surface area (Å²) in [6.45, 7) is 0. The van der Waals surface area contributed by atoms with Crippen molar-refractivity contribution in [3.05, 3.63) is 11.8 Å². The lowest BCUT2D eigenvalue weighted by Gasteiger charge is -2.24. The van der Waals surface area contributed by atoms with Crippen molar-refractivity contribution in [3.63, 3.8) is 0 Å². The molecule has 0 radical (unpaired) electrons. The summed E-state index contributed by atoms with van der Waals surface area (Å²) in [4.78, 5) is 0. The topological polar surface area (TPSA) is 68.1 Å². The van der Waals surface area contributed by atoms with Crippen LogP contribution in [0.4, 0.5) is 13.2 Å². The lowest BCUT2D eigenvalue weighted by atomic mass is 10.0. The molecule has 0 N–H and O–H groups in total. The summed E-state index contributed by atoms with van der Waals surface area (Å²) in [5.41, 5.74) is -1.13. The predicted octanol–water partition coefficient (Wildman–Crippen LogP) is 2.87. The fourth-order valence-corrected chi connectivity index (χ4v) is 4.30. The van der Waals surface area contributed by atoms with Crippen LogP contribution < -0.4 is 0 Å². The molecule has 0 spiro atoms. The average molecular weight is 344 g/mol. The van der Waals surface area contributed by atoms with Gasteiger partial charge in [-0.2, -0.15) is 26.0 Å². The fraction of sp³-hybridized carbons (Fsp3) is 0.727. The van der Waals surface area contributed by atoms with E-state index in [1.54, 1.807) is 0 Å². The Hall–Kier alpha value is -0.900. The summed E-state index contributed by atoms with van der Waals surface area (Å²) in [6.07, 6.45) is 1.03. The predicted molar refractivity (Wildman–Crippen MR) is 74.2 cm³/mol. The molecule has 1 aliphatic carbocycles. The Bertz CT molecular complexity index is 603. The molecule has 1 atom stereocenters. The van der Waals surface area contributed by atoms with E-state index in [1.165, 1.54) is 0 Å². The second-order valence-corrected chi connectivity index (χ2v) is 8.08. The summed E-state index contributed by atoms with van der Waals surface area (Å²) < 4.78 is 72.9. The summed E-state index contributed by atoms with van der Waals surface area (Å²) in [7, 11) is -5.16. The largest absolute Gasteiger partial charge is 0.434 e. The maximum absolute atomic E-state index is 12.9. The van der Waals surface area contributed by atoms with Crippen molar-refractivity contribution in [1.29, 1.82) is 0 Å². The molecule has 5 nitrogen and oxygen atoms in total. The third-order valence-electron chi connectivity index (χ3n) is 3.01. The Morgan fingerprint density at radius 1 is 1.29 bits per heavy atom. The summed E-state index contributed by atoms with van der Waals surface area (Å²) >= 11 is 0. The van der Waals surface area contributed by atoms with E-state index in [-0.39, 0.29) is 5.25 Å². The standard InChI is InChI=1S/C11H15F3N2O3S2/c1-21(17,18)19-10-7-9(11(12,13)14)15-20(16-10)8-5-3-2-4-6-8/h7-8H,2-6H2,1H3. The molecule has 0 aromatic rings. The summed E-state index contributed by atoms with van der Waals surface area (Å²) in [5, 5.41) is -0.0806. The molecule has 1 aliphatic heterocycles. The number of alkyl halides is 3. The number of hydrogen-bond acceptors (Lipinski definition) is 5. The number of hydrogen-bond donors (Lipinski definition) is 0. The van der Waals surface area contributed by atoms with Gasteiger partial charge in [0, 0.05) is 22.2 Å². The second-order valence-electron chi connectivity index (χ2n) is 4.89. The molecule has 0 saturated heterocycles. The van der Waals surface area contributed by atoms with Gasteiger partial charge in [-0.3, -0.25) is 0 Å². The van der Waals surface area contributed by atoms with Crippen molar-refractivity contribution in [3.8, 4) is 0 Å². The first-order valence-electron chi connectivity index (χ1n) is 6.37. The van der Waals surface area contributed by atoms with Gasteiger partial charge >= 0.3 is 16.3 Å². The summed E-state index contributed by atoms with van der Waals surface area (Å²) in [6, 6.07) is 0. The van der Waals surface area contributed by atoms with Gasteiger partial charge in [-0.15, -0.1) is 0 Å². The first-order valence-corrected chi connectivity index (χ1v) is 9.39. The van der Waals surface area contributed by atoms with E-state index in [2.05, 4.69) is 12.9 Å². The maximum Gasteiger partial charge on any atom is 0.434 e. The highest BCUT2D eigenvalue weighted by Crippen LogP contribution is 2.32. The van der Waals surface area contributed by atoms with Gasteiger partial charge in [0.05, 0.1) is 6.26 Å². The molecule has 1 fully saturated rings. The zero-order valence-electron chi connectivity index (χ0n) is 11.3. The zero-order valence-corrected chi connectivity index (χ0v) is 12.9. The Morgan fingerprint density at radius 2 is 1.90 bits per heavy atom. The van der Waals surface area contributed by atoms with Gasteiger partial charge in [-0.05, 0) is 12.8 Å². The molecule has 0 aromatic heterocycles. The van der Waals surface area contributed by atoms with Gasteiger partial charge in [0.2, 0.25) is 5.90 Å². The van der Waals surface area contributed by atoms with Gasteiger partial charge in [0.15, 0.2) is 5.70 Å². The quantitative estimate of drug-likeness (QED) is 0.723. The molecular formula is C11H15F3N2O3S2. The highest BCUT2D eigenvalue weighted by molar-refractivity contribution is 7.87. The monoisotopic (exact) mass is 344 g/mol. The van der Waals surface area contributed by atoms with Gasteiger partial charge < -0.3 is 4.18 Å². The van der Waals surface area contributed by atoms with Gasteiger partial charge in [-0.1, -0.05) is 19.3 Å². The normalized spacial score (nSPS) is 24.9. The molecule has 0 bridgehead atoms. The molecule has 1 unspecified atom stereocenters. The highest BCUT2D eigenvalue weighted by atomic mass is 32.2. The van der Waals surface area contributed by atoms with Crippen LogP contribution in [-0.2, 0) is 25.2 Å². The zero-order chi connectivity index (χ0) is 15.7. The first-order chi connectivity index (χ1) is 9.65. The van der Waals surface area contributed by atoms with Crippen LogP contribution in [0.3, 0.4) is 0 Å². The first kappa shape index (κ1) is 16.5. The molecule has 120 valence electrons. The van der Waals surface area contributed by atoms with Crippen LogP contribution in [0.1, 0.15) is 32.1 Å². The number of allylic oxidation sites excluding steroid dienone is 1. The van der Waals surface area contributed by atoms with E-state index in [1.807, 2.05) is 0 Å². The molecular weight excluding hydrogens is 329 g/mol. The number of rotatable bonds is 2. The molecule has 2 aliphatic rings. The molecule has 0 aromatic carbocycles. The van der Waals surface area contributed by atoms with E-state index in [9.17, 15) is 21.6 Å². The Balaban J connectivity index is 2.34. The molecule has 21 heavy (non-hydrogen) atoms. The van der Waals surface area contributed by atoms with Crippen LogP contribution in [0.25, 0.3) is 0 Å². The average Bonchev–Trinajstić information content (AvgIpc) is 2.36. The minimum Gasteiger partial charge on any atom is -0.361 e. The van der Waals surface area contributed by atoms with Crippen molar-refractivity contribution in [1.82, 2.24) is 0 Å². The van der Waals surface area contributed by atoms with Crippen molar-refractivity contribution in [2.24, 2.45) is 8.76 Å². The molecule has 1 heterocycles. The SMILES string of the molecule is CS(=O)(=O)OC1=NS(C2CCCCC2)=NC(C(F)(F)F)=C1. The highest BCUT2D eigenvalue weighted by Gasteiger charge is 2.37. The number of nitrogens with zero attached hydrogens (tertiary/aromatic N) is 2. The molecule has 1 saturated carbocycles. The van der Waals surface area contributed by atoms with Crippen LogP contribution >= 0.6 is 0 Å². The third-order valence-corrected chi connectivity index (χ3v) is 5.31. The van der Waals surface area contributed by atoms with Gasteiger partial charge in [0.1, 0.15) is 0 Å². The lowest BCUT2D eigenvalue weighted by Crippen LogP contribution is -2.24. The second kappa shape index (κ2) is 6.07. The van der Waals surface area contributed by atoms with E-state index >= 15 is 0 Å². The Morgan fingerprint density at radius 3 is 2.43 bits per heavy atom. The van der Waals surface area contributed by atoms with Crippen molar-refractivity contribution in [2.75, 3.05) is 6.26 Å². The van der Waals surface area contributed by atoms with Crippen LogP contribution in [0.2, 0.25) is 0 Å². The van der Waals surface area contributed by atoms with Crippen molar-refractivity contribution >= 4 is 26.9 Å². The van der Waals surface area contributed by atoms with Crippen LogP contribution in [-0.4, -0.2) is 32.0 Å². The van der Waals surface area contributed by atoms with Gasteiger partial charge in [-0.25, -0.2) is 4.36 Å². The minimum absolute atomic E-state index is 0.0806. The molecule has 0 amide bonds. The van der Waals surface area contributed by atoms with E-state index in [0.717, 1.165) is 38.4 Å². The smallest absolute Gasteiger partial charge is 0.361 e. The van der Waals surface area contributed by atoms with Crippen molar-refractivity contribution in [2.45, 2.75) is 43.5 Å². The summed E-state index contributed by atoms with van der Waals surface area (Å²) in [5.74, 6) is -0.534.